The van der Waals surface area contributed by atoms with Gasteiger partial charge in [0, 0.05) is 15.6 Å². The third-order valence-corrected chi connectivity index (χ3v) is 2.12. The van der Waals surface area contributed by atoms with Gasteiger partial charge in [0.05, 0.1) is 0 Å². The number of rotatable bonds is 2. The summed E-state index contributed by atoms with van der Waals surface area (Å²) >= 11 is 11.4. The van der Waals surface area contributed by atoms with E-state index in [1.807, 2.05) is 0 Å². The molecule has 0 aromatic heterocycles. The van der Waals surface area contributed by atoms with Crippen LogP contribution in [0.15, 0.2) is 18.2 Å². The van der Waals surface area contributed by atoms with E-state index in [0.717, 1.165) is 0 Å². The number of benzene rings is 1. The molecule has 1 rings (SSSR count). The molecule has 0 N–H and O–H groups in total. The van der Waals surface area contributed by atoms with Crippen LogP contribution in [-0.4, -0.2) is 0 Å². The molecule has 0 nitrogen and oxygen atoms in total. The number of alkyl halides is 1. The van der Waals surface area contributed by atoms with Gasteiger partial charge >= 0.3 is 0 Å². The summed E-state index contributed by atoms with van der Waals surface area (Å²) in [4.78, 5) is 0. The molecule has 1 radical (unpaired) electrons. The fraction of sp³-hybridized carbons (Fsp3) is 0.222. The summed E-state index contributed by atoms with van der Waals surface area (Å²) in [7, 11) is 0. The highest BCUT2D eigenvalue weighted by Gasteiger charge is 2.10. The summed E-state index contributed by atoms with van der Waals surface area (Å²) in [5.41, 5.74) is 0.455. The minimum atomic E-state index is -1.10. The molecule has 0 bridgehead atoms. The van der Waals surface area contributed by atoms with Crippen molar-refractivity contribution in [1.29, 1.82) is 0 Å². The van der Waals surface area contributed by atoms with Crippen molar-refractivity contribution in [3.63, 3.8) is 0 Å². The molecule has 1 aromatic rings. The Hall–Kier alpha value is -0.270. The minimum Gasteiger partial charge on any atom is -0.242 e. The molecular weight excluding hydrogens is 198 g/mol. The van der Waals surface area contributed by atoms with Crippen LogP contribution in [-0.2, 0) is 0 Å². The third kappa shape index (κ3) is 2.11. The van der Waals surface area contributed by atoms with Gasteiger partial charge in [0.25, 0.3) is 0 Å². The first-order chi connectivity index (χ1) is 5.65. The highest BCUT2D eigenvalue weighted by atomic mass is 35.5. The lowest BCUT2D eigenvalue weighted by Crippen LogP contribution is -1.90. The van der Waals surface area contributed by atoms with Crippen molar-refractivity contribution in [1.82, 2.24) is 0 Å². The van der Waals surface area contributed by atoms with Crippen molar-refractivity contribution >= 4 is 23.2 Å². The van der Waals surface area contributed by atoms with Gasteiger partial charge in [0.15, 0.2) is 0 Å². The minimum absolute atomic E-state index is 0.182. The normalized spacial score (nSPS) is 13.0. The van der Waals surface area contributed by atoms with E-state index >= 15 is 0 Å². The lowest BCUT2D eigenvalue weighted by Gasteiger charge is -2.07. The summed E-state index contributed by atoms with van der Waals surface area (Å²) < 4.78 is 13.1. The van der Waals surface area contributed by atoms with Crippen LogP contribution in [0.3, 0.4) is 0 Å². The molecule has 0 saturated carbocycles. The van der Waals surface area contributed by atoms with Crippen molar-refractivity contribution < 1.29 is 4.39 Å². The largest absolute Gasteiger partial charge is 0.242 e. The van der Waals surface area contributed by atoms with Crippen LogP contribution in [0, 0.1) is 6.92 Å². The zero-order valence-corrected chi connectivity index (χ0v) is 7.87. The molecule has 0 aliphatic carbocycles. The van der Waals surface area contributed by atoms with Crippen LogP contribution in [0.5, 0.6) is 0 Å². The van der Waals surface area contributed by atoms with Crippen LogP contribution in [0.1, 0.15) is 18.2 Å². The van der Waals surface area contributed by atoms with Gasteiger partial charge in [-0.25, -0.2) is 4.39 Å². The van der Waals surface area contributed by atoms with E-state index in [0.29, 0.717) is 15.6 Å². The fourth-order valence-corrected chi connectivity index (χ4v) is 1.44. The molecule has 1 aromatic carbocycles. The smallest absolute Gasteiger partial charge is 0.127 e. The van der Waals surface area contributed by atoms with Gasteiger partial charge in [-0.15, -0.1) is 0 Å². The van der Waals surface area contributed by atoms with Gasteiger partial charge in [0.1, 0.15) is 6.17 Å². The van der Waals surface area contributed by atoms with Gasteiger partial charge in [-0.3, -0.25) is 0 Å². The second-order valence-electron chi connectivity index (χ2n) is 2.42. The van der Waals surface area contributed by atoms with Gasteiger partial charge in [-0.1, -0.05) is 36.2 Å². The average molecular weight is 206 g/mol. The van der Waals surface area contributed by atoms with E-state index in [-0.39, 0.29) is 6.42 Å². The third-order valence-electron chi connectivity index (χ3n) is 1.55. The molecule has 0 aliphatic heterocycles. The summed E-state index contributed by atoms with van der Waals surface area (Å²) in [5.74, 6) is 0. The van der Waals surface area contributed by atoms with E-state index in [9.17, 15) is 4.39 Å². The fourth-order valence-electron chi connectivity index (χ4n) is 0.911. The predicted octanol–water partition coefficient (Wildman–Crippen LogP) is 4.23. The Morgan fingerprint density at radius 2 is 2.08 bits per heavy atom. The molecule has 1 atom stereocenters. The standard InChI is InChI=1S/C9H8Cl2F/c1-2-9(12)7-4-3-6(10)5-8(7)11/h3-5,9H,1-2H2/t9-/m1/s1. The Bertz CT molecular complexity index is 273. The van der Waals surface area contributed by atoms with Crippen LogP contribution >= 0.6 is 23.2 Å². The van der Waals surface area contributed by atoms with Crippen molar-refractivity contribution in [2.75, 3.05) is 0 Å². The maximum absolute atomic E-state index is 13.1. The highest BCUT2D eigenvalue weighted by molar-refractivity contribution is 6.35. The first kappa shape index (κ1) is 9.82. The molecular formula is C9H8Cl2F. The molecule has 0 unspecified atom stereocenters. The topological polar surface area (TPSA) is 0 Å². The molecule has 0 saturated heterocycles. The van der Waals surface area contributed by atoms with Crippen LogP contribution in [0.4, 0.5) is 4.39 Å². The number of hydrogen-bond acceptors (Lipinski definition) is 0. The van der Waals surface area contributed by atoms with E-state index in [1.165, 1.54) is 6.07 Å². The number of hydrogen-bond donors (Lipinski definition) is 0. The summed E-state index contributed by atoms with van der Waals surface area (Å²) in [6, 6.07) is 4.73. The second kappa shape index (κ2) is 4.11. The molecule has 0 amide bonds. The molecule has 0 fully saturated rings. The Morgan fingerprint density at radius 3 is 2.58 bits per heavy atom. The Morgan fingerprint density at radius 1 is 1.42 bits per heavy atom. The first-order valence-electron chi connectivity index (χ1n) is 3.53. The highest BCUT2D eigenvalue weighted by Crippen LogP contribution is 2.29. The molecule has 3 heteroatoms. The predicted molar refractivity (Wildman–Crippen MR) is 50.3 cm³/mol. The molecule has 12 heavy (non-hydrogen) atoms. The maximum Gasteiger partial charge on any atom is 0.127 e. The lowest BCUT2D eigenvalue weighted by molar-refractivity contribution is 0.346. The van der Waals surface area contributed by atoms with Crippen molar-refractivity contribution in [3.05, 3.63) is 40.7 Å². The second-order valence-corrected chi connectivity index (χ2v) is 3.27. The Labute approximate surface area is 81.3 Å². The SMILES string of the molecule is [CH2]C[C@@H](F)c1ccc(Cl)cc1Cl. The van der Waals surface area contributed by atoms with Gasteiger partial charge in [-0.05, 0) is 18.6 Å². The summed E-state index contributed by atoms with van der Waals surface area (Å²) in [6.45, 7) is 3.46. The van der Waals surface area contributed by atoms with Crippen LogP contribution in [0.2, 0.25) is 10.0 Å². The van der Waals surface area contributed by atoms with Crippen molar-refractivity contribution in [2.45, 2.75) is 12.6 Å². The summed E-state index contributed by atoms with van der Waals surface area (Å²) in [6.07, 6.45) is -0.920. The molecule has 0 spiro atoms. The van der Waals surface area contributed by atoms with Crippen LogP contribution in [0.25, 0.3) is 0 Å². The van der Waals surface area contributed by atoms with E-state index in [4.69, 9.17) is 23.2 Å². The molecule has 0 heterocycles. The Balaban J connectivity index is 3.01. The lowest BCUT2D eigenvalue weighted by atomic mass is 10.1. The zero-order valence-electron chi connectivity index (χ0n) is 6.36. The van der Waals surface area contributed by atoms with Crippen LogP contribution < -0.4 is 0 Å². The van der Waals surface area contributed by atoms with E-state index in [2.05, 4.69) is 6.92 Å². The van der Waals surface area contributed by atoms with Crippen molar-refractivity contribution in [2.24, 2.45) is 0 Å². The average Bonchev–Trinajstić information content (AvgIpc) is 2.03. The zero-order chi connectivity index (χ0) is 9.14. The van der Waals surface area contributed by atoms with E-state index < -0.39 is 6.17 Å². The number of halogens is 3. The van der Waals surface area contributed by atoms with E-state index in [1.54, 1.807) is 12.1 Å². The molecule has 65 valence electrons. The van der Waals surface area contributed by atoms with Gasteiger partial charge < -0.3 is 0 Å². The monoisotopic (exact) mass is 205 g/mol. The first-order valence-corrected chi connectivity index (χ1v) is 4.29. The summed E-state index contributed by atoms with van der Waals surface area (Å²) in [5, 5.41) is 0.874. The quantitative estimate of drug-likeness (QED) is 0.679. The maximum atomic E-state index is 13.1. The Kier molecular flexibility index (Phi) is 3.36. The van der Waals surface area contributed by atoms with Gasteiger partial charge in [-0.2, -0.15) is 0 Å². The van der Waals surface area contributed by atoms with Crippen molar-refractivity contribution in [3.8, 4) is 0 Å². The van der Waals surface area contributed by atoms with Gasteiger partial charge in [0.2, 0.25) is 0 Å². The molecule has 0 aliphatic rings.